The number of allylic oxidation sites excluding steroid dienone is 2. The van der Waals surface area contributed by atoms with Gasteiger partial charge in [-0.3, -0.25) is 4.79 Å². The van der Waals surface area contributed by atoms with Crippen LogP contribution in [0.15, 0.2) is 11.8 Å². The van der Waals surface area contributed by atoms with Crippen molar-refractivity contribution in [1.29, 1.82) is 0 Å². The molecule has 72 valence electrons. The number of hydrogen-bond donors (Lipinski definition) is 1. The van der Waals surface area contributed by atoms with E-state index in [1.807, 2.05) is 0 Å². The van der Waals surface area contributed by atoms with Crippen LogP contribution in [0.4, 0.5) is 0 Å². The first kappa shape index (κ1) is 8.75. The predicted octanol–water partition coefficient (Wildman–Crippen LogP) is 0.878. The zero-order chi connectivity index (χ0) is 9.47. The van der Waals surface area contributed by atoms with E-state index in [1.165, 1.54) is 0 Å². The number of ketones is 1. The van der Waals surface area contributed by atoms with Gasteiger partial charge < -0.3 is 9.84 Å². The molecule has 0 unspecified atom stereocenters. The van der Waals surface area contributed by atoms with Gasteiger partial charge in [0.1, 0.15) is 5.76 Å². The first-order chi connectivity index (χ1) is 6.22. The normalized spacial score (nSPS) is 37.5. The predicted molar refractivity (Wildman–Crippen MR) is 47.0 cm³/mol. The Bertz CT molecular complexity index is 269. The molecule has 1 N–H and O–H groups in total. The maximum atomic E-state index is 11.7. The van der Waals surface area contributed by atoms with E-state index in [9.17, 15) is 9.90 Å². The molecule has 1 saturated carbocycles. The molecule has 0 aromatic rings. The van der Waals surface area contributed by atoms with Gasteiger partial charge in [0.05, 0.1) is 19.1 Å². The van der Waals surface area contributed by atoms with Crippen molar-refractivity contribution >= 4 is 5.78 Å². The highest BCUT2D eigenvalue weighted by Crippen LogP contribution is 2.48. The molecule has 0 saturated heterocycles. The van der Waals surface area contributed by atoms with E-state index in [0.29, 0.717) is 5.92 Å². The lowest BCUT2D eigenvalue weighted by atomic mass is 9.78. The molecular weight excluding hydrogens is 168 g/mol. The number of ether oxygens (including phenoxy) is 1. The van der Waals surface area contributed by atoms with Crippen LogP contribution >= 0.6 is 0 Å². The summed E-state index contributed by atoms with van der Waals surface area (Å²) in [7, 11) is 1.60. The van der Waals surface area contributed by atoms with Gasteiger partial charge in [-0.15, -0.1) is 0 Å². The third-order valence-electron chi connectivity index (χ3n) is 3.35. The highest BCUT2D eigenvalue weighted by atomic mass is 16.5. The summed E-state index contributed by atoms with van der Waals surface area (Å²) in [4.78, 5) is 11.7. The van der Waals surface area contributed by atoms with Crippen molar-refractivity contribution in [2.75, 3.05) is 13.7 Å². The largest absolute Gasteiger partial charge is 0.501 e. The van der Waals surface area contributed by atoms with Crippen molar-refractivity contribution in [3.05, 3.63) is 11.8 Å². The Morgan fingerprint density at radius 1 is 1.77 bits per heavy atom. The summed E-state index contributed by atoms with van der Waals surface area (Å²) in [6.07, 6.45) is 4.10. The molecule has 2 aliphatic carbocycles. The summed E-state index contributed by atoms with van der Waals surface area (Å²) < 4.78 is 5.14. The third kappa shape index (κ3) is 1.10. The summed E-state index contributed by atoms with van der Waals surface area (Å²) in [6.45, 7) is -0.0180. The molecule has 2 atom stereocenters. The molecule has 0 aromatic heterocycles. The van der Waals surface area contributed by atoms with Crippen molar-refractivity contribution in [3.8, 4) is 0 Å². The lowest BCUT2D eigenvalue weighted by molar-refractivity contribution is -0.126. The van der Waals surface area contributed by atoms with Crippen LogP contribution < -0.4 is 0 Å². The fraction of sp³-hybridized carbons (Fsp3) is 0.700. The van der Waals surface area contributed by atoms with Crippen LogP contribution in [0.5, 0.6) is 0 Å². The Labute approximate surface area is 77.4 Å². The lowest BCUT2D eigenvalue weighted by Gasteiger charge is -2.28. The number of rotatable bonds is 2. The monoisotopic (exact) mass is 182 g/mol. The molecule has 0 heterocycles. The molecule has 1 fully saturated rings. The second-order valence-electron chi connectivity index (χ2n) is 3.99. The van der Waals surface area contributed by atoms with Crippen LogP contribution in [0, 0.1) is 11.3 Å². The van der Waals surface area contributed by atoms with Crippen molar-refractivity contribution in [1.82, 2.24) is 0 Å². The molecule has 3 heteroatoms. The average molecular weight is 182 g/mol. The molecule has 0 aromatic carbocycles. The van der Waals surface area contributed by atoms with Crippen molar-refractivity contribution in [2.45, 2.75) is 19.3 Å². The van der Waals surface area contributed by atoms with Gasteiger partial charge in [-0.05, 0) is 19.3 Å². The van der Waals surface area contributed by atoms with E-state index in [1.54, 1.807) is 13.2 Å². The minimum atomic E-state index is -0.466. The van der Waals surface area contributed by atoms with Gasteiger partial charge in [-0.25, -0.2) is 0 Å². The Morgan fingerprint density at radius 3 is 3.15 bits per heavy atom. The first-order valence-corrected chi connectivity index (χ1v) is 4.63. The summed E-state index contributed by atoms with van der Waals surface area (Å²) in [5.74, 6) is 1.20. The number of fused-ring (bicyclic) bond motifs is 2. The van der Waals surface area contributed by atoms with Crippen LogP contribution in [-0.4, -0.2) is 24.6 Å². The summed E-state index contributed by atoms with van der Waals surface area (Å²) in [6, 6.07) is 0. The van der Waals surface area contributed by atoms with Crippen molar-refractivity contribution < 1.29 is 14.6 Å². The summed E-state index contributed by atoms with van der Waals surface area (Å²) in [5.41, 5.74) is -0.466. The highest BCUT2D eigenvalue weighted by Gasteiger charge is 2.48. The van der Waals surface area contributed by atoms with Gasteiger partial charge in [-0.1, -0.05) is 0 Å². The molecule has 2 bridgehead atoms. The van der Waals surface area contributed by atoms with Gasteiger partial charge in [0.25, 0.3) is 0 Å². The van der Waals surface area contributed by atoms with E-state index in [0.717, 1.165) is 25.0 Å². The summed E-state index contributed by atoms with van der Waals surface area (Å²) >= 11 is 0. The van der Waals surface area contributed by atoms with E-state index in [4.69, 9.17) is 4.74 Å². The number of methoxy groups -OCH3 is 1. The zero-order valence-corrected chi connectivity index (χ0v) is 7.75. The molecule has 2 aliphatic rings. The van der Waals surface area contributed by atoms with Crippen LogP contribution in [0.25, 0.3) is 0 Å². The van der Waals surface area contributed by atoms with Gasteiger partial charge >= 0.3 is 0 Å². The minimum absolute atomic E-state index is 0.0180. The Balaban J connectivity index is 2.33. The van der Waals surface area contributed by atoms with E-state index in [2.05, 4.69) is 0 Å². The SMILES string of the molecule is COC1=CC(=O)[C@@]2(CO)CC[C@@H]1C2. The Kier molecular flexibility index (Phi) is 1.91. The smallest absolute Gasteiger partial charge is 0.167 e. The number of aliphatic hydroxyl groups excluding tert-OH is 1. The van der Waals surface area contributed by atoms with Crippen molar-refractivity contribution in [2.24, 2.45) is 11.3 Å². The Hall–Kier alpha value is -0.830. The van der Waals surface area contributed by atoms with Crippen LogP contribution in [0.1, 0.15) is 19.3 Å². The fourth-order valence-corrected chi connectivity index (χ4v) is 2.44. The average Bonchev–Trinajstić information content (AvgIpc) is 2.54. The van der Waals surface area contributed by atoms with E-state index < -0.39 is 5.41 Å². The highest BCUT2D eigenvalue weighted by molar-refractivity contribution is 5.96. The van der Waals surface area contributed by atoms with Gasteiger partial charge in [-0.2, -0.15) is 0 Å². The van der Waals surface area contributed by atoms with Gasteiger partial charge in [0, 0.05) is 12.0 Å². The van der Waals surface area contributed by atoms with Crippen LogP contribution in [0.2, 0.25) is 0 Å². The number of carbonyl (C=O) groups is 1. The third-order valence-corrected chi connectivity index (χ3v) is 3.35. The molecule has 0 amide bonds. The van der Waals surface area contributed by atoms with E-state index in [-0.39, 0.29) is 12.4 Å². The second-order valence-corrected chi connectivity index (χ2v) is 3.99. The number of hydrogen-bond acceptors (Lipinski definition) is 3. The minimum Gasteiger partial charge on any atom is -0.501 e. The maximum Gasteiger partial charge on any atom is 0.167 e. The van der Waals surface area contributed by atoms with Gasteiger partial charge in [0.2, 0.25) is 0 Å². The first-order valence-electron chi connectivity index (χ1n) is 4.63. The van der Waals surface area contributed by atoms with E-state index >= 15 is 0 Å². The van der Waals surface area contributed by atoms with Gasteiger partial charge in [0.15, 0.2) is 5.78 Å². The summed E-state index contributed by atoms with van der Waals surface area (Å²) in [5, 5.41) is 9.21. The second kappa shape index (κ2) is 2.84. The van der Waals surface area contributed by atoms with Crippen LogP contribution in [-0.2, 0) is 9.53 Å². The number of aliphatic hydroxyl groups is 1. The topological polar surface area (TPSA) is 46.5 Å². The Morgan fingerprint density at radius 2 is 2.54 bits per heavy atom. The molecule has 13 heavy (non-hydrogen) atoms. The zero-order valence-electron chi connectivity index (χ0n) is 7.75. The molecular formula is C10H14O3. The van der Waals surface area contributed by atoms with Crippen LogP contribution in [0.3, 0.4) is 0 Å². The molecule has 2 rings (SSSR count). The standard InChI is InChI=1S/C10H14O3/c1-13-8-4-9(12)10(6-11)3-2-7(8)5-10/h4,7,11H,2-3,5-6H2,1H3/t7-,10+/m1/s1. The molecule has 0 aliphatic heterocycles. The maximum absolute atomic E-state index is 11.7. The number of carbonyl (C=O) groups excluding carboxylic acids is 1. The fourth-order valence-electron chi connectivity index (χ4n) is 2.44. The molecule has 0 spiro atoms. The van der Waals surface area contributed by atoms with Crippen molar-refractivity contribution in [3.63, 3.8) is 0 Å². The molecule has 0 radical (unpaired) electrons. The molecule has 3 nitrogen and oxygen atoms in total. The quantitative estimate of drug-likeness (QED) is 0.689. The lowest BCUT2D eigenvalue weighted by Crippen LogP contribution is -2.34.